The molecule has 1 aliphatic carbocycles. The van der Waals surface area contributed by atoms with Gasteiger partial charge in [0.1, 0.15) is 0 Å². The van der Waals surface area contributed by atoms with Crippen molar-refractivity contribution in [3.05, 3.63) is 29.6 Å². The van der Waals surface area contributed by atoms with Crippen LogP contribution in [0, 0.1) is 5.41 Å². The number of thiophene rings is 1. The number of rotatable bonds is 3. The second-order valence-corrected chi connectivity index (χ2v) is 6.14. The third kappa shape index (κ3) is 1.71. The number of fused-ring (bicyclic) bond motifs is 1. The number of hydrogen-bond donors (Lipinski definition) is 1. The molecule has 2 aromatic rings. The van der Waals surface area contributed by atoms with Crippen molar-refractivity contribution in [1.82, 2.24) is 0 Å². The summed E-state index contributed by atoms with van der Waals surface area (Å²) in [6, 6.07) is 9.43. The van der Waals surface area contributed by atoms with Crippen molar-refractivity contribution >= 4 is 27.1 Å². The molecule has 0 aliphatic heterocycles. The van der Waals surface area contributed by atoms with Gasteiger partial charge in [0.15, 0.2) is 0 Å². The highest BCUT2D eigenvalue weighted by Crippen LogP contribution is 2.48. The minimum absolute atomic E-state index is 0.531. The lowest BCUT2D eigenvalue weighted by atomic mass is 10.0. The van der Waals surface area contributed by atoms with E-state index in [4.69, 9.17) is 0 Å². The molecule has 1 heterocycles. The van der Waals surface area contributed by atoms with Crippen LogP contribution >= 0.6 is 11.3 Å². The number of hydrogen-bond acceptors (Lipinski definition) is 2. The fraction of sp³-hybridized carbons (Fsp3) is 0.429. The van der Waals surface area contributed by atoms with Crippen LogP contribution in [0.5, 0.6) is 0 Å². The van der Waals surface area contributed by atoms with Crippen LogP contribution in [0.15, 0.2) is 29.6 Å². The largest absolute Gasteiger partial charge is 0.382 e. The number of anilines is 1. The Bertz CT molecular complexity index is 510. The Kier molecular flexibility index (Phi) is 2.21. The molecule has 1 saturated carbocycles. The summed E-state index contributed by atoms with van der Waals surface area (Å²) in [6.45, 7) is 4.67. The Morgan fingerprint density at radius 2 is 2.12 bits per heavy atom. The third-order valence-corrected chi connectivity index (χ3v) is 4.82. The van der Waals surface area contributed by atoms with E-state index in [0.29, 0.717) is 11.5 Å². The van der Waals surface area contributed by atoms with Gasteiger partial charge in [0.05, 0.1) is 0 Å². The summed E-state index contributed by atoms with van der Waals surface area (Å²) in [7, 11) is 0. The van der Waals surface area contributed by atoms with Crippen LogP contribution in [0.1, 0.15) is 26.7 Å². The molecule has 0 saturated heterocycles. The fourth-order valence-corrected chi connectivity index (χ4v) is 2.88. The van der Waals surface area contributed by atoms with Crippen LogP contribution in [0.3, 0.4) is 0 Å². The third-order valence-electron chi connectivity index (χ3n) is 3.92. The van der Waals surface area contributed by atoms with E-state index in [9.17, 15) is 0 Å². The smallest absolute Gasteiger partial charge is 0.0349 e. The molecule has 1 N–H and O–H groups in total. The Hall–Kier alpha value is -1.02. The van der Waals surface area contributed by atoms with Crippen LogP contribution in [0.25, 0.3) is 10.1 Å². The van der Waals surface area contributed by atoms with Gasteiger partial charge < -0.3 is 5.32 Å². The molecule has 16 heavy (non-hydrogen) atoms. The van der Waals surface area contributed by atoms with Gasteiger partial charge in [-0.3, -0.25) is 0 Å². The summed E-state index contributed by atoms with van der Waals surface area (Å²) in [5.41, 5.74) is 1.79. The maximum absolute atomic E-state index is 3.63. The van der Waals surface area contributed by atoms with Gasteiger partial charge in [-0.2, -0.15) is 0 Å². The monoisotopic (exact) mass is 231 g/mol. The second-order valence-electron chi connectivity index (χ2n) is 5.19. The van der Waals surface area contributed by atoms with Crippen molar-refractivity contribution in [2.75, 3.05) is 5.32 Å². The zero-order valence-corrected chi connectivity index (χ0v) is 10.6. The van der Waals surface area contributed by atoms with Crippen molar-refractivity contribution in [2.45, 2.75) is 32.7 Å². The van der Waals surface area contributed by atoms with Crippen LogP contribution < -0.4 is 5.32 Å². The minimum atomic E-state index is 0.531. The standard InChI is InChI=1S/C14H17NS/c1-10(14(2)6-7-14)15-12-3-4-13-11(9-12)5-8-16-13/h3-5,8-10,15H,6-7H2,1-2H3. The predicted octanol–water partition coefficient (Wildman–Crippen LogP) is 4.50. The Morgan fingerprint density at radius 1 is 1.31 bits per heavy atom. The molecule has 1 atom stereocenters. The molecule has 84 valence electrons. The van der Waals surface area contributed by atoms with Gasteiger partial charge in [-0.25, -0.2) is 0 Å². The molecule has 3 rings (SSSR count). The lowest BCUT2D eigenvalue weighted by Crippen LogP contribution is -2.24. The molecule has 0 amide bonds. The second kappa shape index (κ2) is 3.49. The van der Waals surface area contributed by atoms with Gasteiger partial charge in [-0.1, -0.05) is 6.92 Å². The first-order valence-corrected chi connectivity index (χ1v) is 6.79. The van der Waals surface area contributed by atoms with Crippen LogP contribution in [0.2, 0.25) is 0 Å². The molecule has 1 aromatic carbocycles. The van der Waals surface area contributed by atoms with E-state index in [1.807, 2.05) is 0 Å². The Labute approximate surface area is 100 Å². The van der Waals surface area contributed by atoms with Crippen molar-refractivity contribution < 1.29 is 0 Å². The zero-order valence-electron chi connectivity index (χ0n) is 9.79. The Morgan fingerprint density at radius 3 is 2.88 bits per heavy atom. The first-order valence-electron chi connectivity index (χ1n) is 5.91. The summed E-state index contributed by atoms with van der Waals surface area (Å²) in [5.74, 6) is 0. The average molecular weight is 231 g/mol. The quantitative estimate of drug-likeness (QED) is 0.820. The summed E-state index contributed by atoms with van der Waals surface area (Å²) < 4.78 is 1.37. The van der Waals surface area contributed by atoms with Crippen molar-refractivity contribution in [2.24, 2.45) is 5.41 Å². The maximum atomic E-state index is 3.63. The molecule has 1 aromatic heterocycles. The fourth-order valence-electron chi connectivity index (χ4n) is 2.11. The highest BCUT2D eigenvalue weighted by atomic mass is 32.1. The van der Waals surface area contributed by atoms with Crippen molar-refractivity contribution in [1.29, 1.82) is 0 Å². The Balaban J connectivity index is 1.83. The van der Waals surface area contributed by atoms with E-state index in [1.54, 1.807) is 11.3 Å². The maximum Gasteiger partial charge on any atom is 0.0349 e. The van der Waals surface area contributed by atoms with Crippen molar-refractivity contribution in [3.8, 4) is 0 Å². The van der Waals surface area contributed by atoms with E-state index >= 15 is 0 Å². The molecular formula is C14H17NS. The zero-order chi connectivity index (χ0) is 11.2. The lowest BCUT2D eigenvalue weighted by Gasteiger charge is -2.21. The van der Waals surface area contributed by atoms with Gasteiger partial charge in [-0.15, -0.1) is 11.3 Å². The van der Waals surface area contributed by atoms with Crippen LogP contribution in [-0.4, -0.2) is 6.04 Å². The van der Waals surface area contributed by atoms with Crippen molar-refractivity contribution in [3.63, 3.8) is 0 Å². The molecule has 1 nitrogen and oxygen atoms in total. The summed E-state index contributed by atoms with van der Waals surface area (Å²) >= 11 is 1.81. The SMILES string of the molecule is CC(Nc1ccc2sccc2c1)C1(C)CC1. The number of nitrogens with one attached hydrogen (secondary N) is 1. The molecule has 0 radical (unpaired) electrons. The van der Waals surface area contributed by atoms with Gasteiger partial charge in [-0.05, 0) is 60.2 Å². The van der Waals surface area contributed by atoms with Gasteiger partial charge in [0, 0.05) is 16.4 Å². The van der Waals surface area contributed by atoms with E-state index in [2.05, 4.69) is 48.8 Å². The highest BCUT2D eigenvalue weighted by molar-refractivity contribution is 7.17. The lowest BCUT2D eigenvalue weighted by molar-refractivity contribution is 0.493. The first kappa shape index (κ1) is 10.2. The van der Waals surface area contributed by atoms with E-state index < -0.39 is 0 Å². The van der Waals surface area contributed by atoms with Gasteiger partial charge in [0.2, 0.25) is 0 Å². The highest BCUT2D eigenvalue weighted by Gasteiger charge is 2.42. The molecule has 0 bridgehead atoms. The molecule has 1 unspecified atom stereocenters. The molecule has 0 spiro atoms. The van der Waals surface area contributed by atoms with E-state index in [-0.39, 0.29) is 0 Å². The molecule has 1 fully saturated rings. The predicted molar refractivity (Wildman–Crippen MR) is 72.3 cm³/mol. The summed E-state index contributed by atoms with van der Waals surface area (Å²) in [4.78, 5) is 0. The van der Waals surface area contributed by atoms with Crippen LogP contribution in [0.4, 0.5) is 5.69 Å². The van der Waals surface area contributed by atoms with E-state index in [1.165, 1.54) is 28.6 Å². The average Bonchev–Trinajstić information content (AvgIpc) is 2.87. The van der Waals surface area contributed by atoms with Gasteiger partial charge in [0.25, 0.3) is 0 Å². The topological polar surface area (TPSA) is 12.0 Å². The summed E-state index contributed by atoms with van der Waals surface area (Å²) in [5, 5.41) is 7.13. The molecule has 2 heteroatoms. The number of benzene rings is 1. The van der Waals surface area contributed by atoms with E-state index in [0.717, 1.165) is 0 Å². The molecule has 1 aliphatic rings. The minimum Gasteiger partial charge on any atom is -0.382 e. The summed E-state index contributed by atoms with van der Waals surface area (Å²) in [6.07, 6.45) is 2.73. The van der Waals surface area contributed by atoms with Crippen LogP contribution in [-0.2, 0) is 0 Å². The van der Waals surface area contributed by atoms with Gasteiger partial charge >= 0.3 is 0 Å². The normalized spacial score (nSPS) is 19.6. The molecular weight excluding hydrogens is 214 g/mol. The first-order chi connectivity index (χ1) is 7.67.